The Kier molecular flexibility index (Phi) is 4.02. The maximum Gasteiger partial charge on any atom is 0.0607 e. The summed E-state index contributed by atoms with van der Waals surface area (Å²) in [6, 6.07) is 0. The molecule has 0 unspecified atom stereocenters. The van der Waals surface area contributed by atoms with Gasteiger partial charge in [-0.25, -0.2) is 0 Å². The fourth-order valence-corrected chi connectivity index (χ4v) is 3.36. The predicted octanol–water partition coefficient (Wildman–Crippen LogP) is 0.909. The number of ether oxygens (including phenoxy) is 1. The van der Waals surface area contributed by atoms with E-state index >= 15 is 0 Å². The second-order valence-corrected chi connectivity index (χ2v) is 6.84. The number of rotatable bonds is 3. The molecule has 0 radical (unpaired) electrons. The highest BCUT2D eigenvalue weighted by Crippen LogP contribution is 2.39. The Hall–Kier alpha value is -0.160. The van der Waals surface area contributed by atoms with Gasteiger partial charge in [-0.05, 0) is 33.6 Å². The fraction of sp³-hybridized carbons (Fsp3) is 1.00. The van der Waals surface area contributed by atoms with Crippen LogP contribution in [-0.2, 0) is 4.74 Å². The van der Waals surface area contributed by atoms with Crippen molar-refractivity contribution in [2.24, 2.45) is 5.73 Å². The molecule has 18 heavy (non-hydrogen) atoms. The van der Waals surface area contributed by atoms with Crippen LogP contribution in [0, 0.1) is 0 Å². The van der Waals surface area contributed by atoms with Crippen molar-refractivity contribution in [2.75, 3.05) is 39.8 Å². The smallest absolute Gasteiger partial charge is 0.0607 e. The van der Waals surface area contributed by atoms with Crippen LogP contribution < -0.4 is 5.73 Å². The number of methoxy groups -OCH3 is 1. The van der Waals surface area contributed by atoms with Gasteiger partial charge >= 0.3 is 0 Å². The third-order valence-corrected chi connectivity index (χ3v) is 4.83. The third kappa shape index (κ3) is 2.57. The molecule has 4 nitrogen and oxygen atoms in total. The number of nitrogens with two attached hydrogens (primary N) is 1. The van der Waals surface area contributed by atoms with Crippen LogP contribution in [0.5, 0.6) is 0 Å². The summed E-state index contributed by atoms with van der Waals surface area (Å²) in [6.07, 6.45) is 2.64. The van der Waals surface area contributed by atoms with E-state index in [0.717, 1.165) is 45.6 Å². The normalized spacial score (nSPS) is 35.5. The van der Waals surface area contributed by atoms with Gasteiger partial charge in [-0.3, -0.25) is 9.80 Å². The highest BCUT2D eigenvalue weighted by atomic mass is 16.5. The van der Waals surface area contributed by atoms with Gasteiger partial charge in [0.05, 0.1) is 6.10 Å². The fourth-order valence-electron chi connectivity index (χ4n) is 3.36. The van der Waals surface area contributed by atoms with E-state index in [1.165, 1.54) is 0 Å². The molecule has 0 atom stereocenters. The lowest BCUT2D eigenvalue weighted by Gasteiger charge is -2.56. The van der Waals surface area contributed by atoms with Crippen LogP contribution in [0.2, 0.25) is 0 Å². The minimum atomic E-state index is 0.227. The maximum absolute atomic E-state index is 6.03. The van der Waals surface area contributed by atoms with Gasteiger partial charge in [-0.15, -0.1) is 0 Å². The molecule has 0 amide bonds. The van der Waals surface area contributed by atoms with Crippen molar-refractivity contribution in [1.82, 2.24) is 9.80 Å². The van der Waals surface area contributed by atoms with Crippen molar-refractivity contribution in [3.8, 4) is 0 Å². The van der Waals surface area contributed by atoms with E-state index in [4.69, 9.17) is 10.5 Å². The number of piperazine rings is 1. The quantitative estimate of drug-likeness (QED) is 0.814. The molecular weight excluding hydrogens is 226 g/mol. The van der Waals surface area contributed by atoms with E-state index in [2.05, 4.69) is 30.6 Å². The highest BCUT2D eigenvalue weighted by Gasteiger charge is 2.48. The first-order valence-electron chi connectivity index (χ1n) is 7.14. The van der Waals surface area contributed by atoms with Gasteiger partial charge in [0, 0.05) is 50.9 Å². The monoisotopic (exact) mass is 255 g/mol. The second kappa shape index (κ2) is 5.08. The van der Waals surface area contributed by atoms with Gasteiger partial charge in [-0.1, -0.05) is 0 Å². The van der Waals surface area contributed by atoms with Crippen molar-refractivity contribution in [1.29, 1.82) is 0 Å². The van der Waals surface area contributed by atoms with Crippen LogP contribution in [-0.4, -0.2) is 66.8 Å². The SMILES string of the molecule is COC1CC(CN)(N2CCN(C(C)(C)C)CC2)C1. The Bertz CT molecular complexity index is 273. The van der Waals surface area contributed by atoms with E-state index in [1.807, 2.05) is 7.11 Å². The van der Waals surface area contributed by atoms with Crippen molar-refractivity contribution in [3.63, 3.8) is 0 Å². The number of nitrogens with zero attached hydrogens (tertiary/aromatic N) is 2. The first-order valence-corrected chi connectivity index (χ1v) is 7.14. The van der Waals surface area contributed by atoms with Crippen LogP contribution in [0.15, 0.2) is 0 Å². The van der Waals surface area contributed by atoms with E-state index in [1.54, 1.807) is 0 Å². The predicted molar refractivity (Wildman–Crippen MR) is 74.7 cm³/mol. The Morgan fingerprint density at radius 3 is 2.11 bits per heavy atom. The zero-order chi connectivity index (χ0) is 13.4. The lowest BCUT2D eigenvalue weighted by atomic mass is 9.72. The van der Waals surface area contributed by atoms with E-state index in [0.29, 0.717) is 6.10 Å². The number of hydrogen-bond donors (Lipinski definition) is 1. The Labute approximate surface area is 111 Å². The molecule has 4 heteroatoms. The molecule has 1 heterocycles. The lowest BCUT2D eigenvalue weighted by molar-refractivity contribution is -0.104. The van der Waals surface area contributed by atoms with Crippen LogP contribution >= 0.6 is 0 Å². The van der Waals surface area contributed by atoms with Gasteiger partial charge in [0.15, 0.2) is 0 Å². The second-order valence-electron chi connectivity index (χ2n) is 6.84. The first-order chi connectivity index (χ1) is 8.41. The molecule has 2 N–H and O–H groups in total. The van der Waals surface area contributed by atoms with Crippen molar-refractivity contribution in [3.05, 3.63) is 0 Å². The third-order valence-electron chi connectivity index (χ3n) is 4.83. The molecule has 1 saturated heterocycles. The minimum Gasteiger partial charge on any atom is -0.381 e. The van der Waals surface area contributed by atoms with Crippen molar-refractivity contribution in [2.45, 2.75) is 50.8 Å². The van der Waals surface area contributed by atoms with Crippen molar-refractivity contribution < 1.29 is 4.74 Å². The zero-order valence-corrected chi connectivity index (χ0v) is 12.4. The van der Waals surface area contributed by atoms with Crippen LogP contribution in [0.1, 0.15) is 33.6 Å². The van der Waals surface area contributed by atoms with E-state index in [-0.39, 0.29) is 11.1 Å². The summed E-state index contributed by atoms with van der Waals surface area (Å²) < 4.78 is 5.42. The topological polar surface area (TPSA) is 41.7 Å². The Morgan fingerprint density at radius 2 is 1.72 bits per heavy atom. The molecule has 106 valence electrons. The zero-order valence-electron chi connectivity index (χ0n) is 12.4. The summed E-state index contributed by atoms with van der Waals surface area (Å²) in [5.74, 6) is 0. The molecule has 2 aliphatic rings. The van der Waals surface area contributed by atoms with E-state index in [9.17, 15) is 0 Å². The standard InChI is InChI=1S/C14H29N3O/c1-13(2,3)16-5-7-17(8-6-16)14(11-15)9-12(10-14)18-4/h12H,5-11,15H2,1-4H3. The summed E-state index contributed by atoms with van der Waals surface area (Å²) in [7, 11) is 1.81. The first kappa shape index (κ1) is 14.3. The Morgan fingerprint density at radius 1 is 1.17 bits per heavy atom. The van der Waals surface area contributed by atoms with Crippen LogP contribution in [0.3, 0.4) is 0 Å². The van der Waals surface area contributed by atoms with Gasteiger partial charge in [0.25, 0.3) is 0 Å². The van der Waals surface area contributed by atoms with Crippen LogP contribution in [0.25, 0.3) is 0 Å². The largest absolute Gasteiger partial charge is 0.381 e. The summed E-state index contributed by atoms with van der Waals surface area (Å²) in [6.45, 7) is 12.3. The summed E-state index contributed by atoms with van der Waals surface area (Å²) in [5, 5.41) is 0. The molecule has 0 spiro atoms. The molecule has 1 aliphatic carbocycles. The summed E-state index contributed by atoms with van der Waals surface area (Å²) in [5.41, 5.74) is 6.54. The minimum absolute atomic E-state index is 0.227. The molecule has 0 aromatic carbocycles. The molecule has 0 bridgehead atoms. The summed E-state index contributed by atoms with van der Waals surface area (Å²) in [4.78, 5) is 5.17. The Balaban J connectivity index is 1.89. The van der Waals surface area contributed by atoms with Gasteiger partial charge < -0.3 is 10.5 Å². The molecule has 1 aliphatic heterocycles. The van der Waals surface area contributed by atoms with Gasteiger partial charge in [0.2, 0.25) is 0 Å². The number of hydrogen-bond acceptors (Lipinski definition) is 4. The summed E-state index contributed by atoms with van der Waals surface area (Å²) >= 11 is 0. The molecule has 2 fully saturated rings. The van der Waals surface area contributed by atoms with Crippen LogP contribution in [0.4, 0.5) is 0 Å². The van der Waals surface area contributed by atoms with E-state index < -0.39 is 0 Å². The molecular formula is C14H29N3O. The van der Waals surface area contributed by atoms with Gasteiger partial charge in [-0.2, -0.15) is 0 Å². The molecule has 0 aromatic rings. The maximum atomic E-state index is 6.03. The molecule has 1 saturated carbocycles. The average molecular weight is 255 g/mol. The lowest BCUT2D eigenvalue weighted by Crippen LogP contribution is -2.68. The van der Waals surface area contributed by atoms with Crippen molar-refractivity contribution >= 4 is 0 Å². The molecule has 2 rings (SSSR count). The van der Waals surface area contributed by atoms with Gasteiger partial charge in [0.1, 0.15) is 0 Å². The highest BCUT2D eigenvalue weighted by molar-refractivity contribution is 5.05. The molecule has 0 aromatic heterocycles. The average Bonchev–Trinajstić information content (AvgIpc) is 2.28.